The summed E-state index contributed by atoms with van der Waals surface area (Å²) in [6, 6.07) is 112. The van der Waals surface area contributed by atoms with E-state index in [0.29, 0.717) is 0 Å². The maximum Gasteiger partial charge on any atom is 0.260 e. The zero-order chi connectivity index (χ0) is 57.8. The highest BCUT2D eigenvalue weighted by molar-refractivity contribution is 7.99. The second-order valence-corrected chi connectivity index (χ2v) is 23.9. The molecule has 0 saturated carbocycles. The van der Waals surface area contributed by atoms with Gasteiger partial charge < -0.3 is 34.0 Å². The first-order valence-electron chi connectivity index (χ1n) is 30.0. The summed E-state index contributed by atoms with van der Waals surface area (Å²) in [5, 5.41) is 0. The van der Waals surface area contributed by atoms with Crippen molar-refractivity contribution in [2.75, 3.05) is 24.5 Å². The van der Waals surface area contributed by atoms with Gasteiger partial charge in [-0.05, 0) is 149 Å². The van der Waals surface area contributed by atoms with Crippen molar-refractivity contribution in [1.29, 1.82) is 0 Å². The summed E-state index contributed by atoms with van der Waals surface area (Å²) >= 11 is 1.82. The van der Waals surface area contributed by atoms with Gasteiger partial charge in [0.15, 0.2) is 0 Å². The van der Waals surface area contributed by atoms with E-state index in [2.05, 4.69) is 334 Å². The van der Waals surface area contributed by atoms with Gasteiger partial charge in [-0.3, -0.25) is 0 Å². The van der Waals surface area contributed by atoms with Crippen LogP contribution in [0, 0.1) is 0 Å². The second kappa shape index (κ2) is 20.3. The van der Waals surface area contributed by atoms with E-state index in [1.165, 1.54) is 21.3 Å². The van der Waals surface area contributed by atoms with Crippen LogP contribution in [0.5, 0.6) is 23.0 Å². The lowest BCUT2D eigenvalue weighted by atomic mass is 9.31. The molecule has 0 N–H and O–H groups in total. The van der Waals surface area contributed by atoms with Gasteiger partial charge in [0.25, 0.3) is 13.4 Å². The Kier molecular flexibility index (Phi) is 11.6. The Hall–Kier alpha value is -11.1. The van der Waals surface area contributed by atoms with Crippen molar-refractivity contribution in [3.05, 3.63) is 309 Å². The molecule has 0 fully saturated rings. The molecule has 0 aliphatic carbocycles. The fourth-order valence-electron chi connectivity index (χ4n) is 14.2. The summed E-state index contributed by atoms with van der Waals surface area (Å²) in [6.07, 6.45) is 0. The van der Waals surface area contributed by atoms with Crippen LogP contribution >= 0.6 is 11.8 Å². The zero-order valence-corrected chi connectivity index (χ0v) is 48.4. The molecule has 7 nitrogen and oxygen atoms in total. The van der Waals surface area contributed by atoms with Gasteiger partial charge >= 0.3 is 0 Å². The predicted molar refractivity (Wildman–Crippen MR) is 366 cm³/mol. The largest absolute Gasteiger partial charge is 0.458 e. The monoisotopic (exact) mass is 1140 g/mol. The molecule has 13 aromatic rings. The number of rotatable bonds is 9. The molecule has 5 heterocycles. The molecule has 5 aliphatic heterocycles. The number of ether oxygens (including phenoxy) is 2. The van der Waals surface area contributed by atoms with Crippen molar-refractivity contribution in [3.8, 4) is 23.0 Å². The topological polar surface area (TPSA) is 34.7 Å². The normalized spacial score (nSPS) is 13.2. The van der Waals surface area contributed by atoms with Crippen molar-refractivity contribution in [2.45, 2.75) is 9.79 Å². The molecule has 10 heteroatoms. The molecule has 5 aliphatic rings. The minimum absolute atomic E-state index is 0.180. The Balaban J connectivity index is 0.910. The van der Waals surface area contributed by atoms with E-state index in [1.54, 1.807) is 0 Å². The maximum absolute atomic E-state index is 7.64. The number of nitrogens with zero attached hydrogens (tertiary/aromatic N) is 5. The molecule has 0 spiro atoms. The van der Waals surface area contributed by atoms with Crippen LogP contribution in [0.4, 0.5) is 85.3 Å². The lowest BCUT2D eigenvalue weighted by molar-refractivity contribution is 0.465. The Morgan fingerprint density at radius 3 is 1.15 bits per heavy atom. The van der Waals surface area contributed by atoms with E-state index in [1.807, 2.05) is 11.8 Å². The minimum Gasteiger partial charge on any atom is -0.458 e. The van der Waals surface area contributed by atoms with E-state index < -0.39 is 0 Å². The Morgan fingerprint density at radius 2 is 0.636 bits per heavy atom. The lowest BCUT2D eigenvalue weighted by Crippen LogP contribution is -2.64. The average Bonchev–Trinajstić information content (AvgIpc) is 0.784. The number of hydrogen-bond donors (Lipinski definition) is 0. The third-order valence-corrected chi connectivity index (χ3v) is 18.9. The van der Waals surface area contributed by atoms with Gasteiger partial charge in [-0.1, -0.05) is 176 Å². The molecule has 0 unspecified atom stereocenters. The van der Waals surface area contributed by atoms with Crippen LogP contribution in [0.1, 0.15) is 0 Å². The summed E-state index contributed by atoms with van der Waals surface area (Å²) in [6.45, 7) is -0.453. The molecule has 0 amide bonds. The van der Waals surface area contributed by atoms with E-state index >= 15 is 0 Å². The van der Waals surface area contributed by atoms with E-state index in [9.17, 15) is 0 Å². The first-order chi connectivity index (χ1) is 43.7. The smallest absolute Gasteiger partial charge is 0.260 e. The number of para-hydroxylation sites is 9. The van der Waals surface area contributed by atoms with Crippen molar-refractivity contribution in [2.24, 2.45) is 0 Å². The van der Waals surface area contributed by atoms with Gasteiger partial charge in [-0.15, -0.1) is 0 Å². The summed E-state index contributed by atoms with van der Waals surface area (Å²) in [5.41, 5.74) is 22.8. The van der Waals surface area contributed by atoms with Crippen molar-refractivity contribution in [1.82, 2.24) is 0 Å². The number of benzene rings is 13. The number of hydrogen-bond acceptors (Lipinski definition) is 8. The molecule has 0 aromatic heterocycles. The summed E-state index contributed by atoms with van der Waals surface area (Å²) in [4.78, 5) is 14.4. The number of anilines is 15. The highest BCUT2D eigenvalue weighted by atomic mass is 32.2. The highest BCUT2D eigenvalue weighted by Gasteiger charge is 2.48. The van der Waals surface area contributed by atoms with Gasteiger partial charge in [0.05, 0.1) is 22.7 Å². The summed E-state index contributed by atoms with van der Waals surface area (Å²) in [5.74, 6) is 3.12. The first-order valence-corrected chi connectivity index (χ1v) is 30.8. The van der Waals surface area contributed by atoms with E-state index in [0.717, 1.165) is 130 Å². The molecule has 0 saturated heterocycles. The third kappa shape index (κ3) is 7.96. The number of fused-ring (bicyclic) bond motifs is 10. The minimum atomic E-state index is -0.273. The molecule has 0 bridgehead atoms. The summed E-state index contributed by atoms with van der Waals surface area (Å²) < 4.78 is 15.1. The molecule has 0 atom stereocenters. The molecular formula is C78H51B2N5O2S. The maximum atomic E-state index is 7.64. The van der Waals surface area contributed by atoms with Gasteiger partial charge in [0, 0.05) is 102 Å². The van der Waals surface area contributed by atoms with Gasteiger partial charge in [-0.25, -0.2) is 0 Å². The van der Waals surface area contributed by atoms with Crippen LogP contribution in [0.2, 0.25) is 0 Å². The SMILES string of the molecule is c1ccc(N(c2ccccc2)c2cc3c4c(c2)Oc2cc5c(cc2B4c2cc4c(cc2O3)N(c2ccccc2)c2ccccc2S4)B2c3ccccc3N(c3ccccc3)c3cc(N(c4ccccc4)c4ccccc4)cc(c32)N5c2ccccc2)cc1. The van der Waals surface area contributed by atoms with Gasteiger partial charge in [-0.2, -0.15) is 0 Å². The Bertz CT molecular complexity index is 4800. The van der Waals surface area contributed by atoms with Crippen LogP contribution in [0.15, 0.2) is 319 Å². The quantitative estimate of drug-likeness (QED) is 0.132. The molecule has 0 radical (unpaired) electrons. The van der Waals surface area contributed by atoms with Crippen LogP contribution in [0.3, 0.4) is 0 Å². The van der Waals surface area contributed by atoms with Crippen LogP contribution in [-0.2, 0) is 0 Å². The molecule has 13 aromatic carbocycles. The Labute approximate surface area is 516 Å². The van der Waals surface area contributed by atoms with Crippen molar-refractivity contribution >= 4 is 143 Å². The van der Waals surface area contributed by atoms with Crippen LogP contribution < -0.4 is 66.8 Å². The van der Waals surface area contributed by atoms with E-state index in [-0.39, 0.29) is 13.4 Å². The van der Waals surface area contributed by atoms with Crippen LogP contribution in [0.25, 0.3) is 0 Å². The van der Waals surface area contributed by atoms with Crippen molar-refractivity contribution < 1.29 is 9.47 Å². The Morgan fingerprint density at radius 1 is 0.250 bits per heavy atom. The first kappa shape index (κ1) is 50.3. The predicted octanol–water partition coefficient (Wildman–Crippen LogP) is 17.4. The van der Waals surface area contributed by atoms with Crippen LogP contribution in [-0.4, -0.2) is 13.4 Å². The molecule has 18 rings (SSSR count). The van der Waals surface area contributed by atoms with Gasteiger partial charge in [0.1, 0.15) is 23.0 Å². The molecule has 412 valence electrons. The zero-order valence-electron chi connectivity index (χ0n) is 47.6. The van der Waals surface area contributed by atoms with Gasteiger partial charge in [0.2, 0.25) is 0 Å². The lowest BCUT2D eigenvalue weighted by Gasteiger charge is -2.45. The standard InChI is InChI=1S/C78H51B2N5O2S/c1-8-26-52(27-9-1)81(53-28-10-2-11-29-53)59-44-69-77-70(45-59)85(58-38-20-7-21-39-58)67-50-71-63(48-62(67)79(77)61-40-22-23-41-65(61)83(69)56-34-16-5-17-35-56)80-64-49-76-68(84(57-36-18-6-19-37-57)66-42-24-25-43-75(66)88-76)51-72(64)87-74-47-60(46-73(86-71)78(74)80)82(54-30-12-3-13-31-54)55-32-14-4-15-33-55/h1-51H. The molecule has 88 heavy (non-hydrogen) atoms. The highest BCUT2D eigenvalue weighted by Crippen LogP contribution is 2.54. The summed E-state index contributed by atoms with van der Waals surface area (Å²) in [7, 11) is 0. The second-order valence-electron chi connectivity index (χ2n) is 22.8. The molecular weight excluding hydrogens is 1090 g/mol. The third-order valence-electron chi connectivity index (χ3n) is 17.8. The average molecular weight is 1140 g/mol. The fourth-order valence-corrected chi connectivity index (χ4v) is 15.3. The van der Waals surface area contributed by atoms with E-state index in [4.69, 9.17) is 9.47 Å². The fraction of sp³-hybridized carbons (Fsp3) is 0. The van der Waals surface area contributed by atoms with Crippen molar-refractivity contribution in [3.63, 3.8) is 0 Å².